The van der Waals surface area contributed by atoms with Gasteiger partial charge in [-0.1, -0.05) is 80.4 Å². The molecule has 0 amide bonds. The lowest BCUT2D eigenvalue weighted by Gasteiger charge is -2.29. The van der Waals surface area contributed by atoms with E-state index in [1.807, 2.05) is 24.3 Å². The number of hydrogen-bond donors (Lipinski definition) is 0. The zero-order valence-electron chi connectivity index (χ0n) is 23.6. The predicted molar refractivity (Wildman–Crippen MR) is 155 cm³/mol. The van der Waals surface area contributed by atoms with Crippen molar-refractivity contribution in [2.75, 3.05) is 0 Å². The molecule has 38 heavy (non-hydrogen) atoms. The summed E-state index contributed by atoms with van der Waals surface area (Å²) in [6, 6.07) is 16.0. The summed E-state index contributed by atoms with van der Waals surface area (Å²) in [6.07, 6.45) is 16.0. The minimum atomic E-state index is -3.18. The maximum atomic E-state index is 14.7. The Bertz CT molecular complexity index is 962. The van der Waals surface area contributed by atoms with Crippen LogP contribution in [0.1, 0.15) is 125 Å². The lowest BCUT2D eigenvalue weighted by Crippen LogP contribution is -2.23. The Morgan fingerprint density at radius 2 is 1.24 bits per heavy atom. The number of ether oxygens (including phenoxy) is 1. The maximum Gasteiger partial charge on any atom is 0.360 e. The number of benzene rings is 2. The van der Waals surface area contributed by atoms with Gasteiger partial charge in [0, 0.05) is 0 Å². The summed E-state index contributed by atoms with van der Waals surface area (Å²) < 4.78 is 34.4. The van der Waals surface area contributed by atoms with E-state index in [2.05, 4.69) is 50.3 Å². The molecule has 2 fully saturated rings. The number of allylic oxidation sites excluding steroid dienone is 2. The Labute approximate surface area is 230 Å². The summed E-state index contributed by atoms with van der Waals surface area (Å²) in [7, 11) is 0. The number of rotatable bonds is 12. The van der Waals surface area contributed by atoms with Crippen molar-refractivity contribution in [3.63, 3.8) is 0 Å². The molecule has 2 aromatic rings. The van der Waals surface area contributed by atoms with E-state index in [0.717, 1.165) is 17.4 Å². The molecule has 4 rings (SSSR count). The molecule has 0 unspecified atom stereocenters. The predicted octanol–water partition coefficient (Wildman–Crippen LogP) is 10.7. The van der Waals surface area contributed by atoms with E-state index in [9.17, 15) is 8.78 Å². The third kappa shape index (κ3) is 8.76. The summed E-state index contributed by atoms with van der Waals surface area (Å²) in [5, 5.41) is 0. The second-order valence-corrected chi connectivity index (χ2v) is 12.0. The molecule has 0 radical (unpaired) electrons. The molecule has 0 atom stereocenters. The minimum Gasteiger partial charge on any atom is -0.315 e. The average Bonchev–Trinajstić information content (AvgIpc) is 2.94. The first-order chi connectivity index (χ1) is 18.5. The van der Waals surface area contributed by atoms with Crippen LogP contribution in [0.15, 0.2) is 60.7 Å². The minimum absolute atomic E-state index is 0.0654. The van der Waals surface area contributed by atoms with Crippen LogP contribution < -0.4 is 0 Å². The first-order valence-corrected chi connectivity index (χ1v) is 15.3. The Morgan fingerprint density at radius 3 is 1.74 bits per heavy atom. The average molecular weight is 523 g/mol. The topological polar surface area (TPSA) is 9.23 Å². The molecule has 1 nitrogen and oxygen atoms in total. The van der Waals surface area contributed by atoms with Gasteiger partial charge in [-0.3, -0.25) is 0 Å². The van der Waals surface area contributed by atoms with Crippen LogP contribution in [-0.4, -0.2) is 6.11 Å². The lowest BCUT2D eigenvalue weighted by molar-refractivity contribution is -0.244. The summed E-state index contributed by atoms with van der Waals surface area (Å²) >= 11 is 0. The summed E-state index contributed by atoms with van der Waals surface area (Å²) in [6.45, 7) is 4.29. The molecular weight excluding hydrogens is 474 g/mol. The van der Waals surface area contributed by atoms with Crippen LogP contribution in [0.2, 0.25) is 0 Å². The highest BCUT2D eigenvalue weighted by atomic mass is 19.3. The van der Waals surface area contributed by atoms with E-state index < -0.39 is 6.11 Å². The molecule has 0 aromatic heterocycles. The molecule has 2 aliphatic carbocycles. The molecule has 0 bridgehead atoms. The standard InChI is InChI=1S/C35H48F2O/c1-3-5-6-8-28-11-19-32(20-12-28)34-23-15-30(16-24-34)26-38-35(36,37)25-29-13-21-33(22-14-29)31-17-9-27(7-4-2)10-18-31/h3,5,13-16,21-24,27-28,31-32H,4,6-12,17-20,25-26H2,1-2H3/b5-3+. The number of hydrogen-bond acceptors (Lipinski definition) is 1. The molecule has 0 saturated heterocycles. The van der Waals surface area contributed by atoms with Gasteiger partial charge >= 0.3 is 6.11 Å². The molecule has 0 spiro atoms. The molecule has 0 heterocycles. The molecule has 0 aliphatic heterocycles. The number of halogens is 2. The highest BCUT2D eigenvalue weighted by molar-refractivity contribution is 5.27. The quantitative estimate of drug-likeness (QED) is 0.252. The zero-order valence-corrected chi connectivity index (χ0v) is 23.6. The van der Waals surface area contributed by atoms with Crippen molar-refractivity contribution >= 4 is 0 Å². The van der Waals surface area contributed by atoms with Crippen LogP contribution in [0, 0.1) is 11.8 Å². The van der Waals surface area contributed by atoms with E-state index in [1.165, 1.54) is 88.2 Å². The van der Waals surface area contributed by atoms with Crippen LogP contribution in [-0.2, 0) is 17.8 Å². The Hall–Kier alpha value is -2.00. The summed E-state index contributed by atoms with van der Waals surface area (Å²) in [5.41, 5.74) is 4.08. The lowest BCUT2D eigenvalue weighted by atomic mass is 9.77. The van der Waals surface area contributed by atoms with Gasteiger partial charge in [-0.15, -0.1) is 0 Å². The van der Waals surface area contributed by atoms with E-state index in [0.29, 0.717) is 17.4 Å². The van der Waals surface area contributed by atoms with Crippen molar-refractivity contribution < 1.29 is 13.5 Å². The Balaban J connectivity index is 1.20. The molecule has 2 aromatic carbocycles. The highest BCUT2D eigenvalue weighted by Crippen LogP contribution is 2.39. The van der Waals surface area contributed by atoms with Crippen molar-refractivity contribution in [2.24, 2.45) is 11.8 Å². The second-order valence-electron chi connectivity index (χ2n) is 12.0. The fourth-order valence-electron chi connectivity index (χ4n) is 6.75. The molecule has 2 aliphatic rings. The smallest absolute Gasteiger partial charge is 0.315 e. The zero-order chi connectivity index (χ0) is 26.8. The summed E-state index contributed by atoms with van der Waals surface area (Å²) in [5.74, 6) is 2.90. The molecule has 3 heteroatoms. The van der Waals surface area contributed by atoms with Crippen LogP contribution in [0.4, 0.5) is 8.78 Å². The third-order valence-electron chi connectivity index (χ3n) is 9.13. The van der Waals surface area contributed by atoms with Gasteiger partial charge in [-0.2, -0.15) is 8.78 Å². The van der Waals surface area contributed by atoms with Crippen molar-refractivity contribution in [3.05, 3.63) is 82.9 Å². The fraction of sp³-hybridized carbons (Fsp3) is 0.600. The SMILES string of the molecule is C/C=C/CCC1CCC(c2ccc(COC(F)(F)Cc3ccc(C4CCC(CCC)CC4)cc3)cc2)CC1. The van der Waals surface area contributed by atoms with Crippen LogP contribution >= 0.6 is 0 Å². The van der Waals surface area contributed by atoms with Crippen molar-refractivity contribution in [3.8, 4) is 0 Å². The maximum absolute atomic E-state index is 14.7. The van der Waals surface area contributed by atoms with Gasteiger partial charge in [0.15, 0.2) is 0 Å². The molecular formula is C35H48F2O. The Kier molecular flexibility index (Phi) is 11.0. The second kappa shape index (κ2) is 14.4. The van der Waals surface area contributed by atoms with E-state index >= 15 is 0 Å². The number of alkyl halides is 2. The van der Waals surface area contributed by atoms with Gasteiger partial charge in [0.25, 0.3) is 0 Å². The fourth-order valence-corrected chi connectivity index (χ4v) is 6.75. The van der Waals surface area contributed by atoms with Gasteiger partial charge in [-0.05, 0) is 117 Å². The monoisotopic (exact) mass is 522 g/mol. The molecule has 0 N–H and O–H groups in total. The van der Waals surface area contributed by atoms with E-state index in [1.54, 1.807) is 0 Å². The van der Waals surface area contributed by atoms with Crippen LogP contribution in [0.25, 0.3) is 0 Å². The van der Waals surface area contributed by atoms with Crippen molar-refractivity contribution in [2.45, 2.75) is 122 Å². The van der Waals surface area contributed by atoms with E-state index in [-0.39, 0.29) is 13.0 Å². The molecule has 2 saturated carbocycles. The van der Waals surface area contributed by atoms with Crippen molar-refractivity contribution in [1.29, 1.82) is 0 Å². The highest BCUT2D eigenvalue weighted by Gasteiger charge is 2.31. The van der Waals surface area contributed by atoms with Gasteiger partial charge in [0.05, 0.1) is 13.0 Å². The van der Waals surface area contributed by atoms with Crippen LogP contribution in [0.5, 0.6) is 0 Å². The summed E-state index contributed by atoms with van der Waals surface area (Å²) in [4.78, 5) is 0. The van der Waals surface area contributed by atoms with Crippen molar-refractivity contribution in [1.82, 2.24) is 0 Å². The van der Waals surface area contributed by atoms with Gasteiger partial charge in [0.1, 0.15) is 0 Å². The van der Waals surface area contributed by atoms with Crippen LogP contribution in [0.3, 0.4) is 0 Å². The van der Waals surface area contributed by atoms with E-state index in [4.69, 9.17) is 4.74 Å². The van der Waals surface area contributed by atoms with Gasteiger partial charge in [0.2, 0.25) is 0 Å². The first-order valence-electron chi connectivity index (χ1n) is 15.3. The van der Waals surface area contributed by atoms with Gasteiger partial charge < -0.3 is 4.74 Å². The molecule has 208 valence electrons. The largest absolute Gasteiger partial charge is 0.360 e. The normalized spacial score (nSPS) is 24.6. The first kappa shape index (κ1) is 29.0. The van der Waals surface area contributed by atoms with Gasteiger partial charge in [-0.25, -0.2) is 0 Å². The third-order valence-corrected chi connectivity index (χ3v) is 9.13. The Morgan fingerprint density at radius 1 is 0.737 bits per heavy atom.